The van der Waals surface area contributed by atoms with Crippen LogP contribution in [0.25, 0.3) is 0 Å². The Morgan fingerprint density at radius 2 is 1.55 bits per heavy atom. The molecule has 0 bridgehead atoms. The molecule has 0 aromatic heterocycles. The van der Waals surface area contributed by atoms with Gasteiger partial charge in [0.2, 0.25) is 11.8 Å². The number of nitrogens with zero attached hydrogens (tertiary/aromatic N) is 2. The monoisotopic (exact) mass is 535 g/mol. The quantitative estimate of drug-likeness (QED) is 0.394. The van der Waals surface area contributed by atoms with Crippen LogP contribution in [0.1, 0.15) is 36.1 Å². The van der Waals surface area contributed by atoms with Gasteiger partial charge in [-0.05, 0) is 75.9 Å². The van der Waals surface area contributed by atoms with Gasteiger partial charge in [-0.2, -0.15) is 0 Å². The molecule has 0 aliphatic carbocycles. The summed E-state index contributed by atoms with van der Waals surface area (Å²) in [5, 5.41) is 2.78. The minimum atomic E-state index is -4.08. The van der Waals surface area contributed by atoms with Gasteiger partial charge in [-0.1, -0.05) is 60.2 Å². The number of rotatable bonds is 11. The molecule has 1 atom stereocenters. The van der Waals surface area contributed by atoms with Gasteiger partial charge in [0.15, 0.2) is 0 Å². The average Bonchev–Trinajstić information content (AvgIpc) is 2.90. The highest BCUT2D eigenvalue weighted by Crippen LogP contribution is 2.29. The number of hydrogen-bond donors (Lipinski definition) is 1. The van der Waals surface area contributed by atoms with Crippen LogP contribution in [0.2, 0.25) is 0 Å². The van der Waals surface area contributed by atoms with Crippen molar-refractivity contribution in [3.05, 3.63) is 95.1 Å². The number of hydrogen-bond acceptors (Lipinski definition) is 4. The molecule has 0 unspecified atom stereocenters. The number of carbonyl (C=O) groups excluding carboxylic acids is 2. The molecule has 1 N–H and O–H groups in total. The number of likely N-dealkylation sites (N-methyl/N-ethyl adjacent to an activating group) is 1. The lowest BCUT2D eigenvalue weighted by Crippen LogP contribution is -2.52. The highest BCUT2D eigenvalue weighted by Gasteiger charge is 2.33. The van der Waals surface area contributed by atoms with Crippen LogP contribution in [0.15, 0.2) is 77.7 Å². The number of aryl methyl sites for hydroxylation is 2. The molecule has 38 heavy (non-hydrogen) atoms. The van der Waals surface area contributed by atoms with E-state index in [1.54, 1.807) is 43.3 Å². The van der Waals surface area contributed by atoms with Crippen LogP contribution in [0.3, 0.4) is 0 Å². The number of sulfonamides is 1. The molecule has 2 amide bonds. The lowest BCUT2D eigenvalue weighted by molar-refractivity contribution is -0.138. The van der Waals surface area contributed by atoms with E-state index in [4.69, 9.17) is 0 Å². The number of nitrogens with one attached hydrogen (secondary N) is 1. The van der Waals surface area contributed by atoms with Crippen molar-refractivity contribution in [2.75, 3.05) is 23.9 Å². The predicted molar refractivity (Wildman–Crippen MR) is 152 cm³/mol. The Morgan fingerprint density at radius 3 is 2.18 bits per heavy atom. The van der Waals surface area contributed by atoms with Crippen molar-refractivity contribution in [3.63, 3.8) is 0 Å². The molecule has 0 saturated heterocycles. The summed E-state index contributed by atoms with van der Waals surface area (Å²) < 4.78 is 29.0. The summed E-state index contributed by atoms with van der Waals surface area (Å²) in [6.45, 7) is 9.39. The summed E-state index contributed by atoms with van der Waals surface area (Å²) in [6, 6.07) is 20.9. The summed E-state index contributed by atoms with van der Waals surface area (Å²) >= 11 is 0. The van der Waals surface area contributed by atoms with E-state index in [0.717, 1.165) is 22.3 Å². The minimum Gasteiger partial charge on any atom is -0.355 e. The summed E-state index contributed by atoms with van der Waals surface area (Å²) in [5.41, 5.74) is 4.07. The fourth-order valence-electron chi connectivity index (χ4n) is 4.25. The van der Waals surface area contributed by atoms with E-state index in [1.165, 1.54) is 9.21 Å². The van der Waals surface area contributed by atoms with Crippen molar-refractivity contribution < 1.29 is 18.0 Å². The molecule has 0 spiro atoms. The summed E-state index contributed by atoms with van der Waals surface area (Å²) in [7, 11) is -4.08. The topological polar surface area (TPSA) is 86.8 Å². The fraction of sp³-hybridized carbons (Fsp3) is 0.333. The van der Waals surface area contributed by atoms with E-state index in [2.05, 4.69) is 5.32 Å². The zero-order valence-corrected chi connectivity index (χ0v) is 23.6. The summed E-state index contributed by atoms with van der Waals surface area (Å²) in [4.78, 5) is 28.2. The summed E-state index contributed by atoms with van der Waals surface area (Å²) in [5.74, 6) is -0.732. The number of amides is 2. The Morgan fingerprint density at radius 1 is 0.895 bits per heavy atom. The number of benzene rings is 3. The van der Waals surface area contributed by atoms with Crippen LogP contribution in [0.4, 0.5) is 5.69 Å². The predicted octanol–water partition coefficient (Wildman–Crippen LogP) is 4.40. The number of carbonyl (C=O) groups is 2. The molecule has 0 saturated carbocycles. The Kier molecular flexibility index (Phi) is 9.69. The molecular weight excluding hydrogens is 498 g/mol. The van der Waals surface area contributed by atoms with Crippen molar-refractivity contribution in [2.24, 2.45) is 0 Å². The molecular formula is C30H37N3O4S. The molecule has 0 fully saturated rings. The molecule has 7 nitrogen and oxygen atoms in total. The van der Waals surface area contributed by atoms with Gasteiger partial charge in [-0.3, -0.25) is 13.9 Å². The first-order valence-electron chi connectivity index (χ1n) is 12.8. The van der Waals surface area contributed by atoms with E-state index < -0.39 is 28.5 Å². The van der Waals surface area contributed by atoms with Crippen molar-refractivity contribution in [1.29, 1.82) is 0 Å². The van der Waals surface area contributed by atoms with E-state index in [1.807, 2.05) is 64.1 Å². The van der Waals surface area contributed by atoms with E-state index >= 15 is 0 Å². The van der Waals surface area contributed by atoms with E-state index in [0.29, 0.717) is 18.7 Å². The third-order valence-electron chi connectivity index (χ3n) is 6.74. The normalized spacial score (nSPS) is 12.0. The van der Waals surface area contributed by atoms with E-state index in [-0.39, 0.29) is 17.3 Å². The van der Waals surface area contributed by atoms with Gasteiger partial charge in [-0.25, -0.2) is 8.42 Å². The maximum absolute atomic E-state index is 13.9. The van der Waals surface area contributed by atoms with Crippen LogP contribution in [-0.2, 0) is 26.0 Å². The Hall–Kier alpha value is -3.65. The lowest BCUT2D eigenvalue weighted by Gasteiger charge is -2.32. The third-order valence-corrected chi connectivity index (χ3v) is 8.51. The molecule has 202 valence electrons. The molecule has 3 rings (SSSR count). The van der Waals surface area contributed by atoms with Crippen molar-refractivity contribution in [1.82, 2.24) is 10.2 Å². The molecule has 0 aliphatic heterocycles. The molecule has 0 heterocycles. The van der Waals surface area contributed by atoms with Crippen LogP contribution in [-0.4, -0.2) is 50.8 Å². The Labute approximate surface area is 226 Å². The molecule has 0 aliphatic rings. The zero-order valence-electron chi connectivity index (χ0n) is 22.8. The van der Waals surface area contributed by atoms with Gasteiger partial charge in [0.05, 0.1) is 10.6 Å². The standard InChI is InChI=1S/C30H37N3O4S/c1-6-31-30(35)25(5)32(20-19-26-12-8-7-9-13-26)29(34)21-33(28-14-10-11-23(3)24(28)4)38(36,37)27-17-15-22(2)16-18-27/h7-18,25H,6,19-21H2,1-5H3,(H,31,35)/t25-/m0/s1. The van der Waals surface area contributed by atoms with Gasteiger partial charge < -0.3 is 10.2 Å². The third kappa shape index (κ3) is 6.81. The Balaban J connectivity index is 2.02. The molecule has 3 aromatic carbocycles. The fourth-order valence-corrected chi connectivity index (χ4v) is 5.72. The second kappa shape index (κ2) is 12.7. The minimum absolute atomic E-state index is 0.101. The first kappa shape index (κ1) is 28.9. The highest BCUT2D eigenvalue weighted by atomic mass is 32.2. The lowest BCUT2D eigenvalue weighted by atomic mass is 10.1. The van der Waals surface area contributed by atoms with Crippen LogP contribution in [0, 0.1) is 20.8 Å². The second-order valence-corrected chi connectivity index (χ2v) is 11.3. The maximum atomic E-state index is 13.9. The Bertz CT molecular complexity index is 1360. The first-order valence-corrected chi connectivity index (χ1v) is 14.3. The molecule has 0 radical (unpaired) electrons. The van der Waals surface area contributed by atoms with Gasteiger partial charge in [-0.15, -0.1) is 0 Å². The van der Waals surface area contributed by atoms with Crippen molar-refractivity contribution >= 4 is 27.5 Å². The smallest absolute Gasteiger partial charge is 0.264 e. The van der Waals surface area contributed by atoms with Gasteiger partial charge in [0.25, 0.3) is 10.0 Å². The number of anilines is 1. The van der Waals surface area contributed by atoms with Crippen LogP contribution in [0.5, 0.6) is 0 Å². The van der Waals surface area contributed by atoms with Gasteiger partial charge in [0.1, 0.15) is 12.6 Å². The maximum Gasteiger partial charge on any atom is 0.264 e. The van der Waals surface area contributed by atoms with Crippen molar-refractivity contribution in [3.8, 4) is 0 Å². The van der Waals surface area contributed by atoms with Gasteiger partial charge >= 0.3 is 0 Å². The van der Waals surface area contributed by atoms with Crippen molar-refractivity contribution in [2.45, 2.75) is 52.0 Å². The zero-order chi connectivity index (χ0) is 27.9. The molecule has 8 heteroatoms. The van der Waals surface area contributed by atoms with Crippen LogP contribution < -0.4 is 9.62 Å². The summed E-state index contributed by atoms with van der Waals surface area (Å²) in [6.07, 6.45) is 0.532. The van der Waals surface area contributed by atoms with Crippen LogP contribution >= 0.6 is 0 Å². The SMILES string of the molecule is CCNC(=O)[C@H](C)N(CCc1ccccc1)C(=O)CN(c1cccc(C)c1C)S(=O)(=O)c1ccc(C)cc1. The van der Waals surface area contributed by atoms with Gasteiger partial charge in [0, 0.05) is 13.1 Å². The van der Waals surface area contributed by atoms with E-state index in [9.17, 15) is 18.0 Å². The largest absolute Gasteiger partial charge is 0.355 e. The first-order chi connectivity index (χ1) is 18.1. The second-order valence-electron chi connectivity index (χ2n) is 9.44. The highest BCUT2D eigenvalue weighted by molar-refractivity contribution is 7.92. The average molecular weight is 536 g/mol. The molecule has 3 aromatic rings.